The van der Waals surface area contributed by atoms with Gasteiger partial charge in [-0.25, -0.2) is 0 Å². The van der Waals surface area contributed by atoms with Gasteiger partial charge in [-0.3, -0.25) is 0 Å². The van der Waals surface area contributed by atoms with Crippen molar-refractivity contribution in [3.63, 3.8) is 0 Å². The highest BCUT2D eigenvalue weighted by molar-refractivity contribution is 7.17. The van der Waals surface area contributed by atoms with Crippen LogP contribution < -0.4 is 0 Å². The summed E-state index contributed by atoms with van der Waals surface area (Å²) in [5, 5.41) is 8.86. The summed E-state index contributed by atoms with van der Waals surface area (Å²) in [4.78, 5) is 0. The fraction of sp³-hybridized carbons (Fsp3) is 0.111. The summed E-state index contributed by atoms with van der Waals surface area (Å²) in [6.45, 7) is 4.36. The van der Waals surface area contributed by atoms with E-state index in [-0.39, 0.29) is 0 Å². The van der Waals surface area contributed by atoms with Crippen molar-refractivity contribution in [2.75, 3.05) is 0 Å². The number of aryl methyl sites for hydroxylation is 2. The third-order valence-corrected chi connectivity index (χ3v) is 4.86. The predicted molar refractivity (Wildman–Crippen MR) is 86.3 cm³/mol. The summed E-state index contributed by atoms with van der Waals surface area (Å²) in [6, 6.07) is 16.0. The van der Waals surface area contributed by atoms with Gasteiger partial charge in [0.15, 0.2) is 0 Å². The van der Waals surface area contributed by atoms with E-state index in [1.165, 1.54) is 42.8 Å². The van der Waals surface area contributed by atoms with Gasteiger partial charge in [0.05, 0.1) is 0 Å². The molecule has 4 rings (SSSR count). The normalized spacial score (nSPS) is 11.7. The van der Waals surface area contributed by atoms with E-state index in [4.69, 9.17) is 0 Å². The lowest BCUT2D eigenvalue weighted by Gasteiger charge is -2.06. The average Bonchev–Trinajstić information content (AvgIpc) is 2.82. The van der Waals surface area contributed by atoms with Crippen molar-refractivity contribution in [1.29, 1.82) is 0 Å². The number of hydrogen-bond acceptors (Lipinski definition) is 1. The van der Waals surface area contributed by atoms with Gasteiger partial charge >= 0.3 is 0 Å². The van der Waals surface area contributed by atoms with Crippen molar-refractivity contribution < 1.29 is 0 Å². The predicted octanol–water partition coefficient (Wildman–Crippen LogP) is 5.82. The van der Waals surface area contributed by atoms with Gasteiger partial charge in [0.25, 0.3) is 0 Å². The molecule has 92 valence electrons. The third-order valence-electron chi connectivity index (χ3n) is 3.98. The van der Waals surface area contributed by atoms with Crippen LogP contribution in [0, 0.1) is 13.8 Å². The molecular formula is C18H14S. The fourth-order valence-corrected chi connectivity index (χ4v) is 3.56. The molecule has 1 heteroatoms. The largest absolute Gasteiger partial charge is 0.144 e. The third kappa shape index (κ3) is 1.66. The van der Waals surface area contributed by atoms with Crippen LogP contribution in [0.4, 0.5) is 0 Å². The molecule has 0 unspecified atom stereocenters. The second kappa shape index (κ2) is 3.82. The van der Waals surface area contributed by atoms with Crippen molar-refractivity contribution >= 4 is 43.0 Å². The first kappa shape index (κ1) is 11.0. The second-order valence-corrected chi connectivity index (χ2v) is 6.24. The number of hydrogen-bond donors (Lipinski definition) is 0. The van der Waals surface area contributed by atoms with E-state index in [1.807, 2.05) is 11.3 Å². The molecule has 4 aromatic rings. The molecule has 0 spiro atoms. The summed E-state index contributed by atoms with van der Waals surface area (Å²) >= 11 is 1.81. The summed E-state index contributed by atoms with van der Waals surface area (Å²) in [6.07, 6.45) is 0. The Labute approximate surface area is 116 Å². The first-order chi connectivity index (χ1) is 9.20. The van der Waals surface area contributed by atoms with Crippen LogP contribution in [0.3, 0.4) is 0 Å². The molecule has 0 radical (unpaired) electrons. The number of thiophene rings is 1. The van der Waals surface area contributed by atoms with Gasteiger partial charge < -0.3 is 0 Å². The summed E-state index contributed by atoms with van der Waals surface area (Å²) in [5.41, 5.74) is 2.73. The zero-order chi connectivity index (χ0) is 13.0. The summed E-state index contributed by atoms with van der Waals surface area (Å²) in [7, 11) is 0. The van der Waals surface area contributed by atoms with Crippen LogP contribution in [0.5, 0.6) is 0 Å². The lowest BCUT2D eigenvalue weighted by Crippen LogP contribution is -1.83. The van der Waals surface area contributed by atoms with Gasteiger partial charge in [-0.05, 0) is 87.6 Å². The van der Waals surface area contributed by atoms with Crippen LogP contribution in [0.1, 0.15) is 11.1 Å². The molecule has 3 aromatic carbocycles. The van der Waals surface area contributed by atoms with E-state index in [1.54, 1.807) is 0 Å². The van der Waals surface area contributed by atoms with Crippen molar-refractivity contribution in [3.05, 3.63) is 59.0 Å². The molecule has 0 aliphatic heterocycles. The SMILES string of the molecule is Cc1cc2cc3cc4ccsc4cc3cc2cc1C. The highest BCUT2D eigenvalue weighted by atomic mass is 32.1. The molecule has 0 saturated heterocycles. The Balaban J connectivity index is 2.17. The molecule has 0 saturated carbocycles. The Kier molecular flexibility index (Phi) is 2.21. The van der Waals surface area contributed by atoms with Gasteiger partial charge in [-0.1, -0.05) is 12.1 Å². The summed E-state index contributed by atoms with van der Waals surface area (Å²) < 4.78 is 1.37. The van der Waals surface area contributed by atoms with E-state index in [0.717, 1.165) is 0 Å². The van der Waals surface area contributed by atoms with E-state index in [0.29, 0.717) is 0 Å². The highest BCUT2D eigenvalue weighted by Gasteiger charge is 2.03. The van der Waals surface area contributed by atoms with Gasteiger partial charge in [0.2, 0.25) is 0 Å². The molecule has 0 nitrogen and oxygen atoms in total. The van der Waals surface area contributed by atoms with Crippen molar-refractivity contribution in [1.82, 2.24) is 0 Å². The molecular weight excluding hydrogens is 248 g/mol. The molecule has 0 amide bonds. The molecule has 1 heterocycles. The van der Waals surface area contributed by atoms with Crippen molar-refractivity contribution in [2.24, 2.45) is 0 Å². The number of benzene rings is 3. The molecule has 0 bridgehead atoms. The lowest BCUT2D eigenvalue weighted by atomic mass is 9.98. The average molecular weight is 262 g/mol. The first-order valence-electron chi connectivity index (χ1n) is 6.53. The Morgan fingerprint density at radius 3 is 1.84 bits per heavy atom. The molecule has 1 aromatic heterocycles. The summed E-state index contributed by atoms with van der Waals surface area (Å²) in [5.74, 6) is 0. The van der Waals surface area contributed by atoms with Crippen LogP contribution in [-0.4, -0.2) is 0 Å². The van der Waals surface area contributed by atoms with Crippen LogP contribution >= 0.6 is 11.3 Å². The van der Waals surface area contributed by atoms with Crippen LogP contribution in [0.25, 0.3) is 31.6 Å². The van der Waals surface area contributed by atoms with Gasteiger partial charge in [-0.15, -0.1) is 11.3 Å². The maximum absolute atomic E-state index is 2.32. The molecule has 0 fully saturated rings. The minimum absolute atomic E-state index is 1.33. The van der Waals surface area contributed by atoms with Crippen molar-refractivity contribution in [2.45, 2.75) is 13.8 Å². The topological polar surface area (TPSA) is 0 Å². The van der Waals surface area contributed by atoms with Crippen molar-refractivity contribution in [3.8, 4) is 0 Å². The molecule has 0 aliphatic carbocycles. The number of fused-ring (bicyclic) bond motifs is 3. The number of rotatable bonds is 0. The van der Waals surface area contributed by atoms with E-state index in [9.17, 15) is 0 Å². The Morgan fingerprint density at radius 2 is 1.16 bits per heavy atom. The van der Waals surface area contributed by atoms with Gasteiger partial charge in [-0.2, -0.15) is 0 Å². The maximum atomic E-state index is 2.32. The van der Waals surface area contributed by atoms with E-state index >= 15 is 0 Å². The maximum Gasteiger partial charge on any atom is 0.0349 e. The molecule has 0 aliphatic rings. The lowest BCUT2D eigenvalue weighted by molar-refractivity contribution is 1.37. The zero-order valence-corrected chi connectivity index (χ0v) is 11.8. The van der Waals surface area contributed by atoms with Crippen LogP contribution in [0.2, 0.25) is 0 Å². The monoisotopic (exact) mass is 262 g/mol. The molecule has 19 heavy (non-hydrogen) atoms. The molecule has 0 N–H and O–H groups in total. The molecule has 0 atom stereocenters. The van der Waals surface area contributed by atoms with E-state index < -0.39 is 0 Å². The van der Waals surface area contributed by atoms with E-state index in [2.05, 4.69) is 61.7 Å². The Morgan fingerprint density at radius 1 is 0.632 bits per heavy atom. The minimum Gasteiger partial charge on any atom is -0.144 e. The van der Waals surface area contributed by atoms with Crippen LogP contribution in [0.15, 0.2) is 47.8 Å². The Hall–Kier alpha value is -1.86. The second-order valence-electron chi connectivity index (χ2n) is 5.29. The van der Waals surface area contributed by atoms with Gasteiger partial charge in [0.1, 0.15) is 0 Å². The Bertz CT molecular complexity index is 854. The quantitative estimate of drug-likeness (QED) is 0.350. The minimum atomic E-state index is 1.33. The smallest absolute Gasteiger partial charge is 0.0349 e. The van der Waals surface area contributed by atoms with Crippen LogP contribution in [-0.2, 0) is 0 Å². The standard InChI is InChI=1S/C18H14S/c1-11-5-14-8-16-7-13-3-4-19-18(13)10-17(16)9-15(14)6-12(11)2/h3-10H,1-2H3. The first-order valence-corrected chi connectivity index (χ1v) is 7.41. The zero-order valence-electron chi connectivity index (χ0n) is 11.0. The highest BCUT2D eigenvalue weighted by Crippen LogP contribution is 2.30. The van der Waals surface area contributed by atoms with Gasteiger partial charge in [0, 0.05) is 4.70 Å². The fourth-order valence-electron chi connectivity index (χ4n) is 2.74.